The highest BCUT2D eigenvalue weighted by molar-refractivity contribution is 6.00. The van der Waals surface area contributed by atoms with E-state index in [0.29, 0.717) is 55.9 Å². The first-order chi connectivity index (χ1) is 19.9. The third-order valence-corrected chi connectivity index (χ3v) is 8.02. The Hall–Kier alpha value is -3.99. The van der Waals surface area contributed by atoms with Crippen LogP contribution in [-0.2, 0) is 20.9 Å². The number of hydrogen-bond acceptors (Lipinski definition) is 8. The summed E-state index contributed by atoms with van der Waals surface area (Å²) in [6.07, 6.45) is 6.95. The minimum Gasteiger partial charge on any atom is -0.464 e. The Morgan fingerprint density at radius 2 is 2.07 bits per heavy atom. The lowest BCUT2D eigenvalue weighted by molar-refractivity contribution is -0.148. The van der Waals surface area contributed by atoms with Gasteiger partial charge in [0.15, 0.2) is 0 Å². The van der Waals surface area contributed by atoms with Crippen molar-refractivity contribution in [2.24, 2.45) is 22.7 Å². The van der Waals surface area contributed by atoms with Crippen molar-refractivity contribution in [3.63, 3.8) is 0 Å². The van der Waals surface area contributed by atoms with Gasteiger partial charge in [-0.2, -0.15) is 0 Å². The lowest BCUT2D eigenvalue weighted by atomic mass is 9.99. The average Bonchev–Trinajstić information content (AvgIpc) is 3.74. The van der Waals surface area contributed by atoms with E-state index in [2.05, 4.69) is 32.5 Å². The minimum atomic E-state index is -0.415. The third-order valence-electron chi connectivity index (χ3n) is 8.02. The number of rotatable bonds is 11. The van der Waals surface area contributed by atoms with E-state index in [1.807, 2.05) is 19.1 Å². The molecular weight excluding hydrogens is 525 g/mol. The molecule has 0 radical (unpaired) electrons. The molecular formula is C30H36FN7O3. The van der Waals surface area contributed by atoms with Gasteiger partial charge in [-0.3, -0.25) is 24.2 Å². The van der Waals surface area contributed by atoms with Crippen molar-refractivity contribution in [2.75, 3.05) is 31.6 Å². The number of anilines is 1. The Balaban J connectivity index is 1.17. The third kappa shape index (κ3) is 6.51. The number of carbonyl (C=O) groups excluding carboxylic acids is 2. The molecule has 2 aromatic heterocycles. The normalized spacial score (nSPS) is 20.2. The van der Waals surface area contributed by atoms with Gasteiger partial charge in [0, 0.05) is 67.1 Å². The maximum absolute atomic E-state index is 15.2. The van der Waals surface area contributed by atoms with Crippen LogP contribution in [0.3, 0.4) is 0 Å². The van der Waals surface area contributed by atoms with Crippen molar-refractivity contribution in [1.82, 2.24) is 25.3 Å². The molecule has 0 unspecified atom stereocenters. The monoisotopic (exact) mass is 561 g/mol. The molecule has 4 heterocycles. The number of aromatic nitrogens is 4. The van der Waals surface area contributed by atoms with Gasteiger partial charge in [0.05, 0.1) is 24.2 Å². The summed E-state index contributed by atoms with van der Waals surface area (Å²) in [5.74, 6) is -0.287. The highest BCUT2D eigenvalue weighted by atomic mass is 19.1. The van der Waals surface area contributed by atoms with Gasteiger partial charge in [0.25, 0.3) is 0 Å². The molecule has 216 valence electrons. The molecule has 4 atom stereocenters. The minimum absolute atomic E-state index is 0.0314. The van der Waals surface area contributed by atoms with E-state index in [1.54, 1.807) is 47.4 Å². The molecule has 3 aromatic rings. The van der Waals surface area contributed by atoms with E-state index < -0.39 is 5.82 Å². The summed E-state index contributed by atoms with van der Waals surface area (Å²) in [7, 11) is 1.77. The molecule has 0 aliphatic carbocycles. The van der Waals surface area contributed by atoms with Crippen molar-refractivity contribution in [1.29, 1.82) is 0 Å². The van der Waals surface area contributed by atoms with E-state index >= 15 is 4.39 Å². The predicted molar refractivity (Wildman–Crippen MR) is 153 cm³/mol. The zero-order valence-corrected chi connectivity index (χ0v) is 23.7. The van der Waals surface area contributed by atoms with Crippen molar-refractivity contribution in [3.8, 4) is 11.1 Å². The first-order valence-electron chi connectivity index (χ1n) is 14.1. The number of hydrogen-bond donors (Lipinski definition) is 1. The first kappa shape index (κ1) is 28.5. The molecule has 5 rings (SSSR count). The number of halogens is 1. The second-order valence-electron chi connectivity index (χ2n) is 10.9. The Morgan fingerprint density at radius 3 is 2.76 bits per heavy atom. The van der Waals surface area contributed by atoms with Crippen molar-refractivity contribution in [2.45, 2.75) is 45.7 Å². The van der Waals surface area contributed by atoms with E-state index in [-0.39, 0.29) is 35.7 Å². The molecule has 10 nitrogen and oxygen atoms in total. The molecule has 0 bridgehead atoms. The maximum atomic E-state index is 15.2. The SMILES string of the molecule is CC[C@H](C)[C@H](NC)C(=O)OC[C@H]1CN=C(c2ccc(-c3ccc(N4C[C@H](Cn5ccnn5)CC4=O)cc3F)cn2)C1. The number of esters is 1. The van der Waals surface area contributed by atoms with Crippen molar-refractivity contribution >= 4 is 23.3 Å². The number of benzene rings is 1. The van der Waals surface area contributed by atoms with Gasteiger partial charge < -0.3 is 15.0 Å². The van der Waals surface area contributed by atoms with Crippen LogP contribution in [0.5, 0.6) is 0 Å². The van der Waals surface area contributed by atoms with Crippen molar-refractivity contribution < 1.29 is 18.7 Å². The second-order valence-corrected chi connectivity index (χ2v) is 10.9. The number of aliphatic imine (C=N–C) groups is 1. The Bertz CT molecular complexity index is 1390. The zero-order chi connectivity index (χ0) is 28.9. The van der Waals surface area contributed by atoms with Crippen molar-refractivity contribution in [3.05, 3.63) is 60.4 Å². The first-order valence-corrected chi connectivity index (χ1v) is 14.1. The number of nitrogens with zero attached hydrogens (tertiary/aromatic N) is 6. The largest absolute Gasteiger partial charge is 0.464 e. The number of ether oxygens (including phenoxy) is 1. The molecule has 1 amide bonds. The van der Waals surface area contributed by atoms with E-state index in [1.165, 1.54) is 6.07 Å². The Labute approximate surface area is 239 Å². The average molecular weight is 562 g/mol. The van der Waals surface area contributed by atoms with Crippen LogP contribution >= 0.6 is 0 Å². The van der Waals surface area contributed by atoms with Gasteiger partial charge in [-0.1, -0.05) is 31.5 Å². The lowest BCUT2D eigenvalue weighted by Gasteiger charge is -2.21. The highest BCUT2D eigenvalue weighted by Gasteiger charge is 2.31. The van der Waals surface area contributed by atoms with Crippen LogP contribution in [0.15, 0.2) is 53.9 Å². The van der Waals surface area contributed by atoms with E-state index in [0.717, 1.165) is 17.8 Å². The lowest BCUT2D eigenvalue weighted by Crippen LogP contribution is -2.41. The quantitative estimate of drug-likeness (QED) is 0.356. The topological polar surface area (TPSA) is 115 Å². The summed E-state index contributed by atoms with van der Waals surface area (Å²) >= 11 is 0. The van der Waals surface area contributed by atoms with Crippen LogP contribution in [0, 0.1) is 23.6 Å². The van der Waals surface area contributed by atoms with E-state index in [4.69, 9.17) is 4.74 Å². The summed E-state index contributed by atoms with van der Waals surface area (Å²) in [6, 6.07) is 8.22. The molecule has 2 aliphatic heterocycles. The summed E-state index contributed by atoms with van der Waals surface area (Å²) in [4.78, 5) is 35.9. The molecule has 1 saturated heterocycles. The molecule has 2 aliphatic rings. The van der Waals surface area contributed by atoms with Crippen LogP contribution < -0.4 is 10.2 Å². The van der Waals surface area contributed by atoms with Gasteiger partial charge >= 0.3 is 5.97 Å². The number of pyridine rings is 1. The molecule has 1 aromatic carbocycles. The summed E-state index contributed by atoms with van der Waals surface area (Å²) in [5.41, 5.74) is 3.18. The standard InChI is InChI=1S/C30H36FN7O3/c1-4-19(2)29(32-3)30(40)41-18-20-11-27(33-14-20)26-8-5-22(15-34-26)24-7-6-23(13-25(24)31)38-17-21(12-28(38)39)16-37-10-9-35-36-37/h5-10,13,15,19-21,29,32H,4,11-12,14,16-18H2,1-3H3/t19-,20+,21-,29-/m0/s1. The Kier molecular flexibility index (Phi) is 8.82. The number of likely N-dealkylation sites (N-methyl/N-ethyl adjacent to an activating group) is 1. The molecule has 11 heteroatoms. The Morgan fingerprint density at radius 1 is 1.22 bits per heavy atom. The summed E-state index contributed by atoms with van der Waals surface area (Å²) < 4.78 is 22.5. The zero-order valence-electron chi connectivity index (χ0n) is 23.7. The van der Waals surface area contributed by atoms with Crippen LogP contribution in [0.2, 0.25) is 0 Å². The number of carbonyl (C=O) groups is 2. The summed E-state index contributed by atoms with van der Waals surface area (Å²) in [5, 5.41) is 10.8. The second kappa shape index (κ2) is 12.7. The van der Waals surface area contributed by atoms with Crippen LogP contribution in [-0.4, -0.2) is 70.4 Å². The van der Waals surface area contributed by atoms with Crippen LogP contribution in [0.1, 0.15) is 38.8 Å². The van der Waals surface area contributed by atoms with E-state index in [9.17, 15) is 9.59 Å². The fourth-order valence-electron chi connectivity index (χ4n) is 5.48. The predicted octanol–water partition coefficient (Wildman–Crippen LogP) is 3.52. The number of amides is 1. The van der Waals surface area contributed by atoms with Gasteiger partial charge in [-0.25, -0.2) is 4.39 Å². The summed E-state index contributed by atoms with van der Waals surface area (Å²) in [6.45, 7) is 6.06. The number of nitrogens with one attached hydrogen (secondary N) is 1. The highest BCUT2D eigenvalue weighted by Crippen LogP contribution is 2.31. The molecule has 41 heavy (non-hydrogen) atoms. The maximum Gasteiger partial charge on any atom is 0.323 e. The van der Waals surface area contributed by atoms with Gasteiger partial charge in [-0.05, 0) is 43.7 Å². The van der Waals surface area contributed by atoms with Gasteiger partial charge in [0.1, 0.15) is 11.9 Å². The van der Waals surface area contributed by atoms with Gasteiger partial charge in [0.2, 0.25) is 5.91 Å². The fraction of sp³-hybridized carbons (Fsp3) is 0.467. The molecule has 1 fully saturated rings. The molecule has 0 saturated carbocycles. The fourth-order valence-corrected chi connectivity index (χ4v) is 5.48. The van der Waals surface area contributed by atoms with Crippen LogP contribution in [0.25, 0.3) is 11.1 Å². The van der Waals surface area contributed by atoms with Gasteiger partial charge in [-0.15, -0.1) is 5.10 Å². The van der Waals surface area contributed by atoms with Crippen LogP contribution in [0.4, 0.5) is 10.1 Å². The smallest absolute Gasteiger partial charge is 0.323 e. The molecule has 0 spiro atoms. The molecule has 1 N–H and O–H groups in total.